The molecule has 17 heavy (non-hydrogen) atoms. The number of rotatable bonds is 6. The van der Waals surface area contributed by atoms with E-state index in [-0.39, 0.29) is 30.3 Å². The van der Waals surface area contributed by atoms with Gasteiger partial charge in [-0.3, -0.25) is 4.79 Å². The highest BCUT2D eigenvalue weighted by Gasteiger charge is 2.24. The normalized spacial score (nSPS) is 15.1. The van der Waals surface area contributed by atoms with Crippen LogP contribution in [0.4, 0.5) is 0 Å². The molecule has 0 bridgehead atoms. The third kappa shape index (κ3) is 6.23. The van der Waals surface area contributed by atoms with Gasteiger partial charge in [0.1, 0.15) is 0 Å². The summed E-state index contributed by atoms with van der Waals surface area (Å²) < 4.78 is 4.69. The molecule has 0 aromatic heterocycles. The summed E-state index contributed by atoms with van der Waals surface area (Å²) in [7, 11) is 1.28. The Morgan fingerprint density at radius 2 is 1.94 bits per heavy atom. The van der Waals surface area contributed by atoms with E-state index in [1.54, 1.807) is 0 Å². The minimum absolute atomic E-state index is 0.0540. The van der Waals surface area contributed by atoms with Gasteiger partial charge in [0.2, 0.25) is 5.91 Å². The molecule has 6 nitrogen and oxygen atoms in total. The first kappa shape index (κ1) is 15.9. The maximum absolute atomic E-state index is 11.5. The molecule has 0 heterocycles. The summed E-state index contributed by atoms with van der Waals surface area (Å²) in [5.41, 5.74) is 5.68. The highest BCUT2D eigenvalue weighted by molar-refractivity contribution is 5.78. The van der Waals surface area contributed by atoms with E-state index in [9.17, 15) is 9.59 Å². The summed E-state index contributed by atoms with van der Waals surface area (Å²) in [4.78, 5) is 22.1. The Kier molecular flexibility index (Phi) is 6.12. The van der Waals surface area contributed by atoms with Crippen LogP contribution < -0.4 is 11.1 Å². The summed E-state index contributed by atoms with van der Waals surface area (Å²) in [6, 6.07) is -0.270. The second-order valence-corrected chi connectivity index (χ2v) is 5.04. The van der Waals surface area contributed by atoms with Crippen molar-refractivity contribution >= 4 is 11.9 Å². The Morgan fingerprint density at radius 3 is 2.29 bits per heavy atom. The lowest BCUT2D eigenvalue weighted by Crippen LogP contribution is -2.43. The number of hydrogen-bond donors (Lipinski definition) is 3. The minimum atomic E-state index is -1.10. The number of aliphatic carboxylic acids is 1. The van der Waals surface area contributed by atoms with Gasteiger partial charge >= 0.3 is 5.97 Å². The van der Waals surface area contributed by atoms with E-state index < -0.39 is 12.1 Å². The van der Waals surface area contributed by atoms with E-state index >= 15 is 0 Å². The van der Waals surface area contributed by atoms with Gasteiger partial charge in [0.15, 0.2) is 6.10 Å². The molecule has 0 rings (SSSR count). The first-order valence-electron chi connectivity index (χ1n) is 5.46. The van der Waals surface area contributed by atoms with Gasteiger partial charge in [0, 0.05) is 19.6 Å². The second kappa shape index (κ2) is 6.56. The number of methoxy groups -OCH3 is 1. The third-order valence-corrected chi connectivity index (χ3v) is 2.56. The van der Waals surface area contributed by atoms with Gasteiger partial charge in [0.25, 0.3) is 0 Å². The number of nitrogens with one attached hydrogen (secondary N) is 1. The molecule has 0 spiro atoms. The van der Waals surface area contributed by atoms with Gasteiger partial charge in [-0.1, -0.05) is 20.8 Å². The number of ether oxygens (including phenoxy) is 1. The number of carboxylic acid groups (broad SMARTS) is 1. The number of carbonyl (C=O) groups is 2. The first-order chi connectivity index (χ1) is 7.68. The smallest absolute Gasteiger partial charge is 0.334 e. The Hall–Kier alpha value is -1.14. The molecular formula is C11H22N2O4. The molecular weight excluding hydrogens is 224 g/mol. The first-order valence-corrected chi connectivity index (χ1v) is 5.46. The molecule has 6 heteroatoms. The Balaban J connectivity index is 4.07. The second-order valence-electron chi connectivity index (χ2n) is 5.04. The Bertz CT molecular complexity index is 273. The largest absolute Gasteiger partial charge is 0.479 e. The molecule has 0 aliphatic heterocycles. The SMILES string of the molecule is COC(CNC(=O)CC(N)C(C)(C)C)C(=O)O. The Labute approximate surface area is 102 Å². The van der Waals surface area contributed by atoms with Crippen LogP contribution in [0.15, 0.2) is 0 Å². The molecule has 0 aromatic carbocycles. The monoisotopic (exact) mass is 246 g/mol. The van der Waals surface area contributed by atoms with Gasteiger partial charge in [0.05, 0.1) is 6.54 Å². The number of hydrogen-bond acceptors (Lipinski definition) is 4. The molecule has 0 fully saturated rings. The van der Waals surface area contributed by atoms with Crippen molar-refractivity contribution in [1.29, 1.82) is 0 Å². The van der Waals surface area contributed by atoms with Crippen LogP contribution in [0.2, 0.25) is 0 Å². The lowest BCUT2D eigenvalue weighted by Gasteiger charge is -2.26. The number of nitrogens with two attached hydrogens (primary N) is 1. The fourth-order valence-electron chi connectivity index (χ4n) is 1.06. The summed E-state index contributed by atoms with van der Waals surface area (Å²) in [6.07, 6.45) is -0.857. The highest BCUT2D eigenvalue weighted by atomic mass is 16.5. The minimum Gasteiger partial charge on any atom is -0.479 e. The number of carboxylic acids is 1. The van der Waals surface area contributed by atoms with Crippen LogP contribution in [0.1, 0.15) is 27.2 Å². The molecule has 1 amide bonds. The van der Waals surface area contributed by atoms with Gasteiger partial charge in [-0.2, -0.15) is 0 Å². The molecule has 0 radical (unpaired) electrons. The molecule has 0 aliphatic rings. The lowest BCUT2D eigenvalue weighted by molar-refractivity contribution is -0.148. The van der Waals surface area contributed by atoms with Crippen molar-refractivity contribution in [2.75, 3.05) is 13.7 Å². The van der Waals surface area contributed by atoms with E-state index in [1.807, 2.05) is 20.8 Å². The summed E-state index contributed by atoms with van der Waals surface area (Å²) in [6.45, 7) is 5.78. The van der Waals surface area contributed by atoms with Crippen molar-refractivity contribution in [1.82, 2.24) is 5.32 Å². The van der Waals surface area contributed by atoms with Crippen LogP contribution in [-0.2, 0) is 14.3 Å². The van der Waals surface area contributed by atoms with Crippen LogP contribution >= 0.6 is 0 Å². The van der Waals surface area contributed by atoms with Crippen LogP contribution in [-0.4, -0.2) is 42.8 Å². The van der Waals surface area contributed by atoms with Crippen molar-refractivity contribution in [2.24, 2.45) is 11.1 Å². The van der Waals surface area contributed by atoms with E-state index in [2.05, 4.69) is 10.1 Å². The van der Waals surface area contributed by atoms with Gasteiger partial charge in [-0.05, 0) is 5.41 Å². The van der Waals surface area contributed by atoms with Crippen molar-refractivity contribution in [2.45, 2.75) is 39.3 Å². The quantitative estimate of drug-likeness (QED) is 0.610. The van der Waals surface area contributed by atoms with E-state index in [1.165, 1.54) is 7.11 Å². The molecule has 2 unspecified atom stereocenters. The van der Waals surface area contributed by atoms with Crippen molar-refractivity contribution < 1.29 is 19.4 Å². The van der Waals surface area contributed by atoms with E-state index in [0.717, 1.165) is 0 Å². The Morgan fingerprint density at radius 1 is 1.41 bits per heavy atom. The van der Waals surface area contributed by atoms with Gasteiger partial charge in [-0.25, -0.2) is 4.79 Å². The molecule has 0 saturated carbocycles. The van der Waals surface area contributed by atoms with Crippen molar-refractivity contribution in [3.8, 4) is 0 Å². The van der Waals surface area contributed by atoms with Crippen molar-refractivity contribution in [3.05, 3.63) is 0 Å². The molecule has 2 atom stereocenters. The summed E-state index contributed by atoms with van der Waals surface area (Å²) >= 11 is 0. The summed E-state index contributed by atoms with van der Waals surface area (Å²) in [5, 5.41) is 11.2. The number of amides is 1. The topological polar surface area (TPSA) is 102 Å². The van der Waals surface area contributed by atoms with E-state index in [4.69, 9.17) is 10.8 Å². The van der Waals surface area contributed by atoms with Crippen LogP contribution in [0.25, 0.3) is 0 Å². The molecule has 4 N–H and O–H groups in total. The van der Waals surface area contributed by atoms with Crippen molar-refractivity contribution in [3.63, 3.8) is 0 Å². The standard InChI is InChI=1S/C11H22N2O4/c1-11(2,3)8(12)5-9(14)13-6-7(17-4)10(15)16/h7-8H,5-6,12H2,1-4H3,(H,13,14)(H,15,16). The average Bonchev–Trinajstić information content (AvgIpc) is 2.16. The fraction of sp³-hybridized carbons (Fsp3) is 0.818. The zero-order valence-electron chi connectivity index (χ0n) is 10.8. The van der Waals surface area contributed by atoms with Crippen LogP contribution in [0, 0.1) is 5.41 Å². The number of carbonyl (C=O) groups excluding carboxylic acids is 1. The van der Waals surface area contributed by atoms with E-state index in [0.29, 0.717) is 0 Å². The van der Waals surface area contributed by atoms with Gasteiger partial charge in [-0.15, -0.1) is 0 Å². The zero-order valence-corrected chi connectivity index (χ0v) is 10.8. The molecule has 0 aliphatic carbocycles. The maximum Gasteiger partial charge on any atom is 0.334 e. The molecule has 0 saturated heterocycles. The van der Waals surface area contributed by atoms with Gasteiger partial charge < -0.3 is 20.9 Å². The van der Waals surface area contributed by atoms with Crippen LogP contribution in [0.5, 0.6) is 0 Å². The molecule has 100 valence electrons. The highest BCUT2D eigenvalue weighted by Crippen LogP contribution is 2.19. The third-order valence-electron chi connectivity index (χ3n) is 2.56. The van der Waals surface area contributed by atoms with Crippen LogP contribution in [0.3, 0.4) is 0 Å². The molecule has 0 aromatic rings. The predicted octanol–water partition coefficient (Wildman–Crippen LogP) is -0.0343. The predicted molar refractivity (Wildman–Crippen MR) is 63.5 cm³/mol. The fourth-order valence-corrected chi connectivity index (χ4v) is 1.06. The zero-order chi connectivity index (χ0) is 13.6. The maximum atomic E-state index is 11.5. The summed E-state index contributed by atoms with van der Waals surface area (Å²) in [5.74, 6) is -1.37. The average molecular weight is 246 g/mol. The lowest BCUT2D eigenvalue weighted by atomic mass is 9.85.